The topological polar surface area (TPSA) is 36.4 Å². The van der Waals surface area contributed by atoms with Gasteiger partial charge < -0.3 is 9.80 Å². The predicted octanol–water partition coefficient (Wildman–Crippen LogP) is 4.83. The molecule has 4 rings (SSSR count). The Morgan fingerprint density at radius 2 is 1.79 bits per heavy atom. The van der Waals surface area contributed by atoms with Crippen LogP contribution in [-0.2, 0) is 0 Å². The van der Waals surface area contributed by atoms with Crippen LogP contribution in [-0.4, -0.2) is 43.0 Å². The van der Waals surface area contributed by atoms with E-state index in [1.165, 1.54) is 0 Å². The minimum atomic E-state index is 0.109. The fourth-order valence-electron chi connectivity index (χ4n) is 3.95. The van der Waals surface area contributed by atoms with Gasteiger partial charge in [0, 0.05) is 55.6 Å². The third-order valence-corrected chi connectivity index (χ3v) is 5.58. The molecule has 4 heteroatoms. The molecule has 1 aromatic heterocycles. The smallest absolute Gasteiger partial charge is 0.253 e. The molecule has 4 nitrogen and oxygen atoms in total. The number of benzene rings is 2. The summed E-state index contributed by atoms with van der Waals surface area (Å²) in [6.07, 6.45) is 2.06. The second kappa shape index (κ2) is 8.48. The molecule has 148 valence electrons. The molecule has 29 heavy (non-hydrogen) atoms. The number of carbonyl (C=O) groups is 1. The standard InChI is InChI=1S/C25H27N3O/c1-27(2)22-13-6-11-20(17-22)25(29)28-16-8-12-21(18-28)24-15-7-14-23(26-24)19-9-4-3-5-10-19/h3-7,9-11,13-15,17,21H,8,12,16,18H2,1-2H3. The number of hydrogen-bond donors (Lipinski definition) is 0. The van der Waals surface area contributed by atoms with E-state index in [1.54, 1.807) is 0 Å². The highest BCUT2D eigenvalue weighted by Crippen LogP contribution is 2.28. The first-order chi connectivity index (χ1) is 14.1. The van der Waals surface area contributed by atoms with E-state index in [2.05, 4.69) is 30.3 Å². The van der Waals surface area contributed by atoms with Gasteiger partial charge in [-0.15, -0.1) is 0 Å². The molecule has 0 bridgehead atoms. The Balaban J connectivity index is 1.53. The average Bonchev–Trinajstić information content (AvgIpc) is 2.79. The highest BCUT2D eigenvalue weighted by atomic mass is 16.2. The van der Waals surface area contributed by atoms with E-state index in [0.29, 0.717) is 0 Å². The van der Waals surface area contributed by atoms with Crippen LogP contribution in [0.5, 0.6) is 0 Å². The lowest BCUT2D eigenvalue weighted by Crippen LogP contribution is -2.39. The van der Waals surface area contributed by atoms with Crippen LogP contribution < -0.4 is 4.90 Å². The van der Waals surface area contributed by atoms with Crippen LogP contribution in [0.1, 0.15) is 34.8 Å². The van der Waals surface area contributed by atoms with Crippen molar-refractivity contribution in [3.8, 4) is 11.3 Å². The maximum atomic E-state index is 13.1. The van der Waals surface area contributed by atoms with Crippen molar-refractivity contribution in [3.05, 3.63) is 84.1 Å². The number of rotatable bonds is 4. The van der Waals surface area contributed by atoms with Crippen LogP contribution in [0.3, 0.4) is 0 Å². The average molecular weight is 386 g/mol. The van der Waals surface area contributed by atoms with E-state index in [1.807, 2.05) is 66.4 Å². The van der Waals surface area contributed by atoms with E-state index in [4.69, 9.17) is 4.98 Å². The summed E-state index contributed by atoms with van der Waals surface area (Å²) in [7, 11) is 3.98. The third-order valence-electron chi connectivity index (χ3n) is 5.58. The molecule has 1 aliphatic heterocycles. The molecule has 1 unspecified atom stereocenters. The summed E-state index contributed by atoms with van der Waals surface area (Å²) in [6, 6.07) is 24.3. The van der Waals surface area contributed by atoms with Gasteiger partial charge in [0.25, 0.3) is 5.91 Å². The number of hydrogen-bond acceptors (Lipinski definition) is 3. The van der Waals surface area contributed by atoms with Gasteiger partial charge in [-0.2, -0.15) is 0 Å². The molecule has 1 saturated heterocycles. The maximum Gasteiger partial charge on any atom is 0.253 e. The maximum absolute atomic E-state index is 13.1. The number of carbonyl (C=O) groups excluding carboxylic acids is 1. The van der Waals surface area contributed by atoms with Crippen LogP contribution >= 0.6 is 0 Å². The van der Waals surface area contributed by atoms with Crippen LogP contribution in [0.25, 0.3) is 11.3 Å². The monoisotopic (exact) mass is 385 g/mol. The minimum Gasteiger partial charge on any atom is -0.378 e. The lowest BCUT2D eigenvalue weighted by molar-refractivity contribution is 0.0706. The molecular formula is C25H27N3O. The molecule has 2 aromatic carbocycles. The van der Waals surface area contributed by atoms with Crippen molar-refractivity contribution < 1.29 is 4.79 Å². The number of piperidine rings is 1. The van der Waals surface area contributed by atoms with E-state index < -0.39 is 0 Å². The summed E-state index contributed by atoms with van der Waals surface area (Å²) in [5, 5.41) is 0. The van der Waals surface area contributed by atoms with E-state index in [9.17, 15) is 4.79 Å². The molecule has 0 spiro atoms. The summed E-state index contributed by atoms with van der Waals surface area (Å²) >= 11 is 0. The Kier molecular flexibility index (Phi) is 5.61. The van der Waals surface area contributed by atoms with Gasteiger partial charge in [-0.1, -0.05) is 42.5 Å². The highest BCUT2D eigenvalue weighted by molar-refractivity contribution is 5.95. The predicted molar refractivity (Wildman–Crippen MR) is 118 cm³/mol. The lowest BCUT2D eigenvalue weighted by atomic mass is 9.93. The number of anilines is 1. The van der Waals surface area contributed by atoms with Crippen molar-refractivity contribution in [3.63, 3.8) is 0 Å². The van der Waals surface area contributed by atoms with Crippen molar-refractivity contribution in [2.45, 2.75) is 18.8 Å². The lowest BCUT2D eigenvalue weighted by Gasteiger charge is -2.33. The highest BCUT2D eigenvalue weighted by Gasteiger charge is 2.26. The van der Waals surface area contributed by atoms with Gasteiger partial charge in [0.05, 0.1) is 5.69 Å². The first-order valence-corrected chi connectivity index (χ1v) is 10.2. The Morgan fingerprint density at radius 1 is 1.00 bits per heavy atom. The first-order valence-electron chi connectivity index (χ1n) is 10.2. The second-order valence-electron chi connectivity index (χ2n) is 7.85. The summed E-state index contributed by atoms with van der Waals surface area (Å²) in [5.41, 5.74) is 4.99. The van der Waals surface area contributed by atoms with Gasteiger partial charge in [0.1, 0.15) is 0 Å². The van der Waals surface area contributed by atoms with Crippen molar-refractivity contribution in [2.24, 2.45) is 0 Å². The van der Waals surface area contributed by atoms with E-state index in [-0.39, 0.29) is 11.8 Å². The molecule has 0 N–H and O–H groups in total. The van der Waals surface area contributed by atoms with Gasteiger partial charge in [-0.05, 0) is 43.2 Å². The van der Waals surface area contributed by atoms with Crippen LogP contribution in [0.15, 0.2) is 72.8 Å². The number of nitrogens with zero attached hydrogens (tertiary/aromatic N) is 3. The van der Waals surface area contributed by atoms with Gasteiger partial charge in [0.2, 0.25) is 0 Å². The van der Waals surface area contributed by atoms with Crippen LogP contribution in [0, 0.1) is 0 Å². The number of amides is 1. The summed E-state index contributed by atoms with van der Waals surface area (Å²) < 4.78 is 0. The van der Waals surface area contributed by atoms with Gasteiger partial charge >= 0.3 is 0 Å². The van der Waals surface area contributed by atoms with E-state index in [0.717, 1.165) is 54.1 Å². The number of pyridine rings is 1. The zero-order valence-corrected chi connectivity index (χ0v) is 17.1. The number of likely N-dealkylation sites (tertiary alicyclic amines) is 1. The zero-order valence-electron chi connectivity index (χ0n) is 17.1. The van der Waals surface area contributed by atoms with Crippen molar-refractivity contribution >= 4 is 11.6 Å². The molecule has 1 amide bonds. The molecule has 3 aromatic rings. The summed E-state index contributed by atoms with van der Waals surface area (Å²) in [5.74, 6) is 0.381. The minimum absolute atomic E-state index is 0.109. The summed E-state index contributed by atoms with van der Waals surface area (Å²) in [4.78, 5) is 22.1. The molecule has 0 saturated carbocycles. The van der Waals surface area contributed by atoms with Crippen molar-refractivity contribution in [1.29, 1.82) is 0 Å². The van der Waals surface area contributed by atoms with Crippen LogP contribution in [0.2, 0.25) is 0 Å². The van der Waals surface area contributed by atoms with E-state index >= 15 is 0 Å². The number of aromatic nitrogens is 1. The summed E-state index contributed by atoms with van der Waals surface area (Å²) in [6.45, 7) is 1.52. The quantitative estimate of drug-likeness (QED) is 0.645. The Labute approximate surface area is 172 Å². The Bertz CT molecular complexity index is 984. The second-order valence-corrected chi connectivity index (χ2v) is 7.85. The molecule has 2 heterocycles. The SMILES string of the molecule is CN(C)c1cccc(C(=O)N2CCCC(c3cccc(-c4ccccc4)n3)C2)c1. The first kappa shape index (κ1) is 19.2. The third kappa shape index (κ3) is 4.32. The Hall–Kier alpha value is -3.14. The van der Waals surface area contributed by atoms with Crippen molar-refractivity contribution in [2.75, 3.05) is 32.1 Å². The molecular weight excluding hydrogens is 358 g/mol. The van der Waals surface area contributed by atoms with Crippen molar-refractivity contribution in [1.82, 2.24) is 9.88 Å². The molecule has 0 aliphatic carbocycles. The fourth-order valence-corrected chi connectivity index (χ4v) is 3.95. The largest absolute Gasteiger partial charge is 0.378 e. The van der Waals surface area contributed by atoms with Gasteiger partial charge in [-0.3, -0.25) is 9.78 Å². The zero-order chi connectivity index (χ0) is 20.2. The molecule has 1 atom stereocenters. The Morgan fingerprint density at radius 3 is 2.59 bits per heavy atom. The van der Waals surface area contributed by atoms with Crippen LogP contribution in [0.4, 0.5) is 5.69 Å². The molecule has 1 aliphatic rings. The molecule has 1 fully saturated rings. The fraction of sp³-hybridized carbons (Fsp3) is 0.280. The normalized spacial score (nSPS) is 16.5. The van der Waals surface area contributed by atoms with Gasteiger partial charge in [-0.25, -0.2) is 0 Å². The molecule has 0 radical (unpaired) electrons. The van der Waals surface area contributed by atoms with Gasteiger partial charge in [0.15, 0.2) is 0 Å².